The summed E-state index contributed by atoms with van der Waals surface area (Å²) >= 11 is 0. The Morgan fingerprint density at radius 3 is 2.42 bits per heavy atom. The number of hydrogen-bond donors (Lipinski definition) is 1. The predicted octanol–water partition coefficient (Wildman–Crippen LogP) is 2.29. The first-order valence-electron chi connectivity index (χ1n) is 4.48. The van der Waals surface area contributed by atoms with Gasteiger partial charge in [0.25, 0.3) is 0 Å². The van der Waals surface area contributed by atoms with Gasteiger partial charge in [0.15, 0.2) is 5.75 Å². The van der Waals surface area contributed by atoms with Crippen LogP contribution in [-0.2, 0) is 4.74 Å². The maximum absolute atomic E-state index is 11.7. The Morgan fingerprint density at radius 2 is 1.95 bits per heavy atom. The van der Waals surface area contributed by atoms with Crippen LogP contribution in [0.2, 0.25) is 0 Å². The molecular weight excluding hydrogens is 271 g/mol. The summed E-state index contributed by atoms with van der Waals surface area (Å²) in [5.74, 6) is -1.89. The second kappa shape index (κ2) is 5.26. The molecule has 1 aromatic carbocycles. The van der Waals surface area contributed by atoms with Crippen LogP contribution in [0.4, 0.5) is 18.0 Å². The molecule has 0 aliphatic heterocycles. The fraction of sp³-hybridized carbons (Fsp3) is 0.100. The third kappa shape index (κ3) is 4.19. The van der Waals surface area contributed by atoms with Crippen molar-refractivity contribution in [1.82, 2.24) is 0 Å². The highest BCUT2D eigenvalue weighted by atomic mass is 19.4. The maximum Gasteiger partial charge on any atom is 0.577 e. The number of halogens is 3. The van der Waals surface area contributed by atoms with E-state index in [1.54, 1.807) is 0 Å². The van der Waals surface area contributed by atoms with Crippen molar-refractivity contribution in [1.29, 1.82) is 5.26 Å². The fourth-order valence-electron chi connectivity index (χ4n) is 1.04. The Balaban J connectivity index is 2.94. The summed E-state index contributed by atoms with van der Waals surface area (Å²) in [6.07, 6.45) is -7.29. The van der Waals surface area contributed by atoms with E-state index in [0.717, 1.165) is 18.2 Å². The molecule has 0 saturated heterocycles. The van der Waals surface area contributed by atoms with Gasteiger partial charge in [-0.3, -0.25) is 0 Å². The third-order valence-electron chi connectivity index (χ3n) is 1.74. The molecule has 0 unspecified atom stereocenters. The zero-order valence-corrected chi connectivity index (χ0v) is 8.89. The lowest BCUT2D eigenvalue weighted by Crippen LogP contribution is -2.22. The minimum Gasteiger partial charge on any atom is -0.478 e. The largest absolute Gasteiger partial charge is 0.577 e. The lowest BCUT2D eigenvalue weighted by molar-refractivity contribution is -0.296. The Morgan fingerprint density at radius 1 is 1.32 bits per heavy atom. The summed E-state index contributed by atoms with van der Waals surface area (Å²) < 4.78 is 42.2. The second-order valence-corrected chi connectivity index (χ2v) is 3.03. The van der Waals surface area contributed by atoms with E-state index in [1.807, 2.05) is 0 Å². The van der Waals surface area contributed by atoms with Gasteiger partial charge in [-0.15, -0.1) is 13.2 Å². The quantitative estimate of drug-likeness (QED) is 0.657. The fourth-order valence-corrected chi connectivity index (χ4v) is 1.04. The van der Waals surface area contributed by atoms with Gasteiger partial charge in [-0.1, -0.05) is 0 Å². The van der Waals surface area contributed by atoms with Crippen molar-refractivity contribution < 1.29 is 37.3 Å². The molecule has 0 saturated carbocycles. The molecule has 0 radical (unpaired) electrons. The van der Waals surface area contributed by atoms with Gasteiger partial charge in [0, 0.05) is 0 Å². The Bertz CT molecular complexity index is 561. The first kappa shape index (κ1) is 14.3. The third-order valence-corrected chi connectivity index (χ3v) is 1.74. The van der Waals surface area contributed by atoms with Gasteiger partial charge in [-0.2, -0.15) is 5.26 Å². The monoisotopic (exact) mass is 275 g/mol. The molecule has 0 bridgehead atoms. The summed E-state index contributed by atoms with van der Waals surface area (Å²) in [7, 11) is 0. The molecule has 0 aliphatic rings. The average Bonchev–Trinajstić information content (AvgIpc) is 2.26. The van der Waals surface area contributed by atoms with E-state index < -0.39 is 29.8 Å². The predicted molar refractivity (Wildman–Crippen MR) is 51.3 cm³/mol. The molecule has 1 N–H and O–H groups in total. The van der Waals surface area contributed by atoms with Gasteiger partial charge in [0.2, 0.25) is 0 Å². The highest BCUT2D eigenvalue weighted by Crippen LogP contribution is 2.22. The number of ether oxygens (including phenoxy) is 2. The van der Waals surface area contributed by atoms with Crippen LogP contribution in [0.1, 0.15) is 15.9 Å². The number of aromatic carboxylic acids is 1. The summed E-state index contributed by atoms with van der Waals surface area (Å²) in [6, 6.07) is 4.16. The minimum atomic E-state index is -5.22. The molecule has 0 fully saturated rings. The van der Waals surface area contributed by atoms with Crippen LogP contribution in [0.25, 0.3) is 0 Å². The summed E-state index contributed by atoms with van der Waals surface area (Å²) in [4.78, 5) is 21.3. The van der Waals surface area contributed by atoms with E-state index in [2.05, 4.69) is 9.47 Å². The Labute approximate surface area is 103 Å². The number of nitrogens with zero attached hydrogens (tertiary/aromatic N) is 1. The molecule has 1 aromatic rings. The molecular formula is C10H4F3NO5. The van der Waals surface area contributed by atoms with Crippen LogP contribution in [0.5, 0.6) is 5.75 Å². The molecule has 1 rings (SSSR count). The molecule has 0 heterocycles. The number of hydrogen-bond acceptors (Lipinski definition) is 5. The topological polar surface area (TPSA) is 96.6 Å². The normalized spacial score (nSPS) is 10.4. The zero-order chi connectivity index (χ0) is 14.6. The number of carboxylic acids is 1. The van der Waals surface area contributed by atoms with Crippen molar-refractivity contribution in [2.45, 2.75) is 6.36 Å². The second-order valence-electron chi connectivity index (χ2n) is 3.03. The summed E-state index contributed by atoms with van der Waals surface area (Å²) in [6.45, 7) is 0. The van der Waals surface area contributed by atoms with Crippen LogP contribution in [0, 0.1) is 11.3 Å². The van der Waals surface area contributed by atoms with Crippen LogP contribution in [-0.4, -0.2) is 23.6 Å². The maximum atomic E-state index is 11.7. The van der Waals surface area contributed by atoms with Gasteiger partial charge in [0.1, 0.15) is 6.07 Å². The molecule has 19 heavy (non-hydrogen) atoms. The highest BCUT2D eigenvalue weighted by molar-refractivity contribution is 5.88. The molecule has 0 amide bonds. The van der Waals surface area contributed by atoms with Crippen LogP contribution in [0.3, 0.4) is 0 Å². The van der Waals surface area contributed by atoms with Gasteiger partial charge < -0.3 is 14.6 Å². The van der Waals surface area contributed by atoms with Gasteiger partial charge in [0.05, 0.1) is 11.1 Å². The van der Waals surface area contributed by atoms with Crippen molar-refractivity contribution in [3.05, 3.63) is 29.3 Å². The zero-order valence-electron chi connectivity index (χ0n) is 8.89. The van der Waals surface area contributed by atoms with E-state index in [4.69, 9.17) is 10.4 Å². The number of alkyl halides is 3. The molecule has 100 valence electrons. The first-order valence-corrected chi connectivity index (χ1v) is 4.48. The van der Waals surface area contributed by atoms with Crippen molar-refractivity contribution in [2.75, 3.05) is 0 Å². The van der Waals surface area contributed by atoms with E-state index in [-0.39, 0.29) is 5.56 Å². The molecule has 0 aromatic heterocycles. The van der Waals surface area contributed by atoms with Crippen molar-refractivity contribution in [2.24, 2.45) is 0 Å². The number of benzene rings is 1. The van der Waals surface area contributed by atoms with Crippen LogP contribution < -0.4 is 4.74 Å². The van der Waals surface area contributed by atoms with Gasteiger partial charge in [-0.05, 0) is 18.2 Å². The Kier molecular flexibility index (Phi) is 3.96. The molecule has 0 atom stereocenters. The number of carbonyl (C=O) groups is 2. The number of carboxylic acid groups (broad SMARTS) is 1. The number of carbonyl (C=O) groups excluding carboxylic acids is 1. The van der Waals surface area contributed by atoms with Crippen molar-refractivity contribution >= 4 is 12.1 Å². The smallest absolute Gasteiger partial charge is 0.478 e. The van der Waals surface area contributed by atoms with E-state index in [9.17, 15) is 22.8 Å². The standard InChI is InChI=1S/C10H4F3NO5/c11-10(12,13)19-9(17)18-7-2-1-5(8(15)16)3-6(7)4-14/h1-3H,(H,15,16). The van der Waals surface area contributed by atoms with Gasteiger partial charge in [-0.25, -0.2) is 9.59 Å². The molecule has 6 nitrogen and oxygen atoms in total. The number of rotatable bonds is 2. The molecule has 0 spiro atoms. The SMILES string of the molecule is N#Cc1cc(C(=O)O)ccc1OC(=O)OC(F)(F)F. The van der Waals surface area contributed by atoms with E-state index in [0.29, 0.717) is 0 Å². The highest BCUT2D eigenvalue weighted by Gasteiger charge is 2.35. The molecule has 0 aliphatic carbocycles. The van der Waals surface area contributed by atoms with Crippen LogP contribution in [0.15, 0.2) is 18.2 Å². The van der Waals surface area contributed by atoms with Crippen molar-refractivity contribution in [3.8, 4) is 11.8 Å². The Hall–Kier alpha value is -2.76. The summed E-state index contributed by atoms with van der Waals surface area (Å²) in [5.41, 5.74) is -0.702. The van der Waals surface area contributed by atoms with E-state index in [1.165, 1.54) is 6.07 Å². The van der Waals surface area contributed by atoms with Crippen molar-refractivity contribution in [3.63, 3.8) is 0 Å². The minimum absolute atomic E-state index is 0.284. The first-order chi connectivity index (χ1) is 8.73. The number of nitriles is 1. The average molecular weight is 275 g/mol. The summed E-state index contributed by atoms with van der Waals surface area (Å²) in [5, 5.41) is 17.3. The lowest BCUT2D eigenvalue weighted by atomic mass is 10.1. The van der Waals surface area contributed by atoms with Gasteiger partial charge >= 0.3 is 18.5 Å². The lowest BCUT2D eigenvalue weighted by Gasteiger charge is -2.08. The molecule has 9 heteroatoms. The van der Waals surface area contributed by atoms with Crippen LogP contribution >= 0.6 is 0 Å². The van der Waals surface area contributed by atoms with E-state index >= 15 is 0 Å².